The number of nitrogens with one attached hydrogen (secondary N) is 1. The molecule has 0 spiro atoms. The molecular formula is C15H10Cl3NO3. The number of ether oxygens (including phenoxy) is 1. The molecule has 0 aliphatic rings. The Kier molecular flexibility index (Phi) is 5.66. The van der Waals surface area contributed by atoms with Gasteiger partial charge in [-0.25, -0.2) is 0 Å². The van der Waals surface area contributed by atoms with Crippen LogP contribution in [0.25, 0.3) is 0 Å². The average molecular weight is 359 g/mol. The Labute approximate surface area is 141 Å². The molecule has 0 heterocycles. The third-order valence-electron chi connectivity index (χ3n) is 2.65. The minimum absolute atomic E-state index is 0.142. The van der Waals surface area contributed by atoms with E-state index in [0.29, 0.717) is 22.6 Å². The van der Waals surface area contributed by atoms with Crippen LogP contribution in [-0.2, 0) is 4.79 Å². The zero-order chi connectivity index (χ0) is 16.1. The van der Waals surface area contributed by atoms with Crippen molar-refractivity contribution in [3.05, 3.63) is 57.0 Å². The van der Waals surface area contributed by atoms with E-state index in [4.69, 9.17) is 39.5 Å². The normalized spacial score (nSPS) is 10.1. The van der Waals surface area contributed by atoms with Crippen molar-refractivity contribution in [3.8, 4) is 5.75 Å². The van der Waals surface area contributed by atoms with Crippen LogP contribution in [-0.4, -0.2) is 18.8 Å². The molecule has 114 valence electrons. The van der Waals surface area contributed by atoms with Crippen molar-refractivity contribution in [2.45, 2.75) is 0 Å². The fraction of sp³-hybridized carbons (Fsp3) is 0.0667. The van der Waals surface area contributed by atoms with Gasteiger partial charge in [-0.2, -0.15) is 0 Å². The largest absolute Gasteiger partial charge is 0.481 e. The quantitative estimate of drug-likeness (QED) is 0.802. The van der Waals surface area contributed by atoms with Crippen molar-refractivity contribution in [1.29, 1.82) is 0 Å². The molecule has 0 aromatic heterocycles. The Balaban J connectivity index is 2.03. The molecule has 0 saturated carbocycles. The maximum absolute atomic E-state index is 11.8. The molecule has 2 rings (SSSR count). The van der Waals surface area contributed by atoms with E-state index in [2.05, 4.69) is 5.32 Å². The third kappa shape index (κ3) is 4.13. The molecule has 0 fully saturated rings. The van der Waals surface area contributed by atoms with Gasteiger partial charge in [-0.15, -0.1) is 0 Å². The third-order valence-corrected chi connectivity index (χ3v) is 3.54. The van der Waals surface area contributed by atoms with E-state index in [9.17, 15) is 9.59 Å². The Bertz CT molecular complexity index is 696. The van der Waals surface area contributed by atoms with Crippen LogP contribution in [0.15, 0.2) is 36.4 Å². The van der Waals surface area contributed by atoms with Crippen LogP contribution in [0.5, 0.6) is 5.75 Å². The molecule has 7 heteroatoms. The van der Waals surface area contributed by atoms with Gasteiger partial charge in [0, 0.05) is 5.56 Å². The second-order valence-corrected chi connectivity index (χ2v) is 5.47. The maximum Gasteiger partial charge on any atom is 0.262 e. The summed E-state index contributed by atoms with van der Waals surface area (Å²) in [6.45, 7) is -0.300. The minimum Gasteiger partial charge on any atom is -0.481 e. The summed E-state index contributed by atoms with van der Waals surface area (Å²) in [4.78, 5) is 22.5. The maximum atomic E-state index is 11.8. The Morgan fingerprint density at radius 1 is 1.09 bits per heavy atom. The molecule has 0 aliphatic heterocycles. The number of para-hydroxylation sites is 1. The van der Waals surface area contributed by atoms with Crippen LogP contribution in [0.4, 0.5) is 5.69 Å². The fourth-order valence-corrected chi connectivity index (χ4v) is 2.47. The summed E-state index contributed by atoms with van der Waals surface area (Å²) in [5, 5.41) is 3.33. The number of hydrogen-bond donors (Lipinski definition) is 1. The zero-order valence-electron chi connectivity index (χ0n) is 11.1. The molecule has 0 radical (unpaired) electrons. The van der Waals surface area contributed by atoms with Crippen LogP contribution in [0.3, 0.4) is 0 Å². The van der Waals surface area contributed by atoms with E-state index < -0.39 is 5.91 Å². The predicted octanol–water partition coefficient (Wildman–Crippen LogP) is 4.48. The van der Waals surface area contributed by atoms with E-state index in [1.807, 2.05) is 0 Å². The average Bonchev–Trinajstić information content (AvgIpc) is 2.48. The van der Waals surface area contributed by atoms with Gasteiger partial charge in [-0.1, -0.05) is 46.9 Å². The molecule has 22 heavy (non-hydrogen) atoms. The molecule has 1 amide bonds. The minimum atomic E-state index is -0.417. The lowest BCUT2D eigenvalue weighted by Crippen LogP contribution is -2.20. The lowest BCUT2D eigenvalue weighted by atomic mass is 10.2. The Hall–Kier alpha value is -1.75. The molecular weight excluding hydrogens is 349 g/mol. The Morgan fingerprint density at radius 2 is 1.73 bits per heavy atom. The fourth-order valence-electron chi connectivity index (χ4n) is 1.67. The van der Waals surface area contributed by atoms with Crippen LogP contribution in [0, 0.1) is 0 Å². The van der Waals surface area contributed by atoms with Crippen molar-refractivity contribution in [1.82, 2.24) is 0 Å². The van der Waals surface area contributed by atoms with E-state index in [0.717, 1.165) is 0 Å². The first-order chi connectivity index (χ1) is 10.5. The molecule has 0 unspecified atom stereocenters. The monoisotopic (exact) mass is 357 g/mol. The molecule has 4 nitrogen and oxygen atoms in total. The van der Waals surface area contributed by atoms with E-state index in [-0.39, 0.29) is 22.4 Å². The number of rotatable bonds is 5. The van der Waals surface area contributed by atoms with Gasteiger partial charge in [-0.05, 0) is 24.3 Å². The second kappa shape index (κ2) is 7.49. The van der Waals surface area contributed by atoms with Crippen molar-refractivity contribution in [2.75, 3.05) is 11.9 Å². The summed E-state index contributed by atoms with van der Waals surface area (Å²) >= 11 is 17.9. The standard InChI is InChI=1S/C15H10Cl3NO3/c16-10-3-1-2-4-13(10)19-14(21)8-22-15-11(17)5-9(7-20)6-12(15)18/h1-7H,8H2,(H,19,21). The number of carbonyl (C=O) groups excluding carboxylic acids is 2. The smallest absolute Gasteiger partial charge is 0.262 e. The van der Waals surface area contributed by atoms with E-state index in [1.165, 1.54) is 12.1 Å². The second-order valence-electron chi connectivity index (χ2n) is 4.25. The highest BCUT2D eigenvalue weighted by Crippen LogP contribution is 2.33. The van der Waals surface area contributed by atoms with Gasteiger partial charge in [-0.3, -0.25) is 9.59 Å². The molecule has 1 N–H and O–H groups in total. The van der Waals surface area contributed by atoms with Crippen LogP contribution in [0.1, 0.15) is 10.4 Å². The zero-order valence-corrected chi connectivity index (χ0v) is 13.4. The van der Waals surface area contributed by atoms with Gasteiger partial charge in [0.15, 0.2) is 12.4 Å². The number of benzene rings is 2. The summed E-state index contributed by atoms with van der Waals surface area (Å²) in [5.74, 6) is -0.275. The summed E-state index contributed by atoms with van der Waals surface area (Å²) in [6, 6.07) is 9.63. The lowest BCUT2D eigenvalue weighted by molar-refractivity contribution is -0.118. The summed E-state index contributed by atoms with van der Waals surface area (Å²) < 4.78 is 5.31. The highest BCUT2D eigenvalue weighted by Gasteiger charge is 2.12. The van der Waals surface area contributed by atoms with Crippen molar-refractivity contribution >= 4 is 52.7 Å². The van der Waals surface area contributed by atoms with Gasteiger partial charge in [0.1, 0.15) is 6.29 Å². The predicted molar refractivity (Wildman–Crippen MR) is 87.4 cm³/mol. The first-order valence-electron chi connectivity index (χ1n) is 6.12. The summed E-state index contributed by atoms with van der Waals surface area (Å²) in [7, 11) is 0. The number of hydrogen-bond acceptors (Lipinski definition) is 3. The van der Waals surface area contributed by atoms with Crippen LogP contribution >= 0.6 is 34.8 Å². The molecule has 2 aromatic carbocycles. The van der Waals surface area contributed by atoms with Gasteiger partial charge in [0.2, 0.25) is 0 Å². The van der Waals surface area contributed by atoms with Crippen molar-refractivity contribution < 1.29 is 14.3 Å². The lowest BCUT2D eigenvalue weighted by Gasteiger charge is -2.11. The SMILES string of the molecule is O=Cc1cc(Cl)c(OCC(=O)Nc2ccccc2Cl)c(Cl)c1. The first-order valence-corrected chi connectivity index (χ1v) is 7.26. The van der Waals surface area contributed by atoms with Gasteiger partial charge < -0.3 is 10.1 Å². The van der Waals surface area contributed by atoms with Gasteiger partial charge >= 0.3 is 0 Å². The number of halogens is 3. The highest BCUT2D eigenvalue weighted by atomic mass is 35.5. The number of amides is 1. The molecule has 0 saturated heterocycles. The molecule has 0 bridgehead atoms. The number of anilines is 1. The molecule has 2 aromatic rings. The van der Waals surface area contributed by atoms with Crippen molar-refractivity contribution in [2.24, 2.45) is 0 Å². The van der Waals surface area contributed by atoms with Crippen molar-refractivity contribution in [3.63, 3.8) is 0 Å². The van der Waals surface area contributed by atoms with E-state index >= 15 is 0 Å². The number of carbonyl (C=O) groups is 2. The van der Waals surface area contributed by atoms with Gasteiger partial charge in [0.05, 0.1) is 20.8 Å². The van der Waals surface area contributed by atoms with Crippen LogP contribution in [0.2, 0.25) is 15.1 Å². The highest BCUT2D eigenvalue weighted by molar-refractivity contribution is 6.37. The Morgan fingerprint density at radius 3 is 2.32 bits per heavy atom. The van der Waals surface area contributed by atoms with E-state index in [1.54, 1.807) is 24.3 Å². The molecule has 0 atom stereocenters. The summed E-state index contributed by atoms with van der Waals surface area (Å²) in [6.07, 6.45) is 0.617. The van der Waals surface area contributed by atoms with Gasteiger partial charge in [0.25, 0.3) is 5.91 Å². The summed E-state index contributed by atoms with van der Waals surface area (Å²) in [5.41, 5.74) is 0.800. The molecule has 0 aliphatic carbocycles. The van der Waals surface area contributed by atoms with Crippen LogP contribution < -0.4 is 10.1 Å². The topological polar surface area (TPSA) is 55.4 Å². The first kappa shape index (κ1) is 16.6. The number of aldehydes is 1.